The number of rotatable bonds is 2. The molecule has 0 bridgehead atoms. The fourth-order valence-corrected chi connectivity index (χ4v) is 1.00. The van der Waals surface area contributed by atoms with Gasteiger partial charge in [0.2, 0.25) is 0 Å². The number of carbonyl (C=O) groups excluding carboxylic acids is 2. The quantitative estimate of drug-likeness (QED) is 0.386. The van der Waals surface area contributed by atoms with E-state index in [4.69, 9.17) is 5.21 Å². The number of ether oxygens (including phenoxy) is 1. The van der Waals surface area contributed by atoms with Crippen LogP contribution >= 0.6 is 0 Å². The summed E-state index contributed by atoms with van der Waals surface area (Å²) in [5.41, 5.74) is 2.10. The van der Waals surface area contributed by atoms with Crippen LogP contribution in [0.2, 0.25) is 0 Å². The second-order valence-electron chi connectivity index (χ2n) is 2.64. The Kier molecular flexibility index (Phi) is 3.64. The Labute approximate surface area is 85.8 Å². The average Bonchev–Trinajstić information content (AvgIpc) is 2.28. The van der Waals surface area contributed by atoms with E-state index in [9.17, 15) is 9.59 Å². The van der Waals surface area contributed by atoms with Crippen LogP contribution in [-0.2, 0) is 4.74 Å². The van der Waals surface area contributed by atoms with E-state index in [1.54, 1.807) is 18.2 Å². The molecule has 0 aromatic heterocycles. The van der Waals surface area contributed by atoms with Crippen molar-refractivity contribution in [3.63, 3.8) is 0 Å². The Bertz CT molecular complexity index is 378. The first kappa shape index (κ1) is 11.0. The van der Waals surface area contributed by atoms with Gasteiger partial charge in [0.1, 0.15) is 0 Å². The molecule has 15 heavy (non-hydrogen) atoms. The van der Waals surface area contributed by atoms with Gasteiger partial charge in [-0.15, -0.1) is 0 Å². The first-order valence-electron chi connectivity index (χ1n) is 4.07. The minimum Gasteiger partial charge on any atom is -0.465 e. The lowest BCUT2D eigenvalue weighted by atomic mass is 10.2. The number of hydrogen-bond donors (Lipinski definition) is 3. The van der Waals surface area contributed by atoms with E-state index in [0.717, 1.165) is 0 Å². The van der Waals surface area contributed by atoms with E-state index >= 15 is 0 Å². The highest BCUT2D eigenvalue weighted by molar-refractivity contribution is 5.93. The molecule has 0 heterocycles. The molecular weight excluding hydrogens is 200 g/mol. The zero-order valence-electron chi connectivity index (χ0n) is 7.98. The van der Waals surface area contributed by atoms with Crippen molar-refractivity contribution in [2.24, 2.45) is 0 Å². The summed E-state index contributed by atoms with van der Waals surface area (Å²) in [4.78, 5) is 21.9. The Morgan fingerprint density at radius 2 is 2.13 bits per heavy atom. The van der Waals surface area contributed by atoms with Crippen LogP contribution in [0.5, 0.6) is 0 Å². The van der Waals surface area contributed by atoms with E-state index in [1.807, 2.05) is 0 Å². The van der Waals surface area contributed by atoms with E-state index in [2.05, 4.69) is 10.1 Å². The minimum absolute atomic E-state index is 0.313. The van der Waals surface area contributed by atoms with Gasteiger partial charge < -0.3 is 10.1 Å². The summed E-state index contributed by atoms with van der Waals surface area (Å²) in [7, 11) is 1.27. The predicted octanol–water partition coefficient (Wildman–Crippen LogP) is 0.984. The number of esters is 1. The number of amides is 2. The van der Waals surface area contributed by atoms with E-state index in [-0.39, 0.29) is 0 Å². The van der Waals surface area contributed by atoms with Crippen LogP contribution < -0.4 is 10.8 Å². The second kappa shape index (κ2) is 4.97. The molecule has 80 valence electrons. The van der Waals surface area contributed by atoms with Crippen molar-refractivity contribution < 1.29 is 19.5 Å². The molecule has 2 amide bonds. The van der Waals surface area contributed by atoms with Crippen LogP contribution in [0.3, 0.4) is 0 Å². The van der Waals surface area contributed by atoms with Crippen molar-refractivity contribution in [1.82, 2.24) is 5.48 Å². The Morgan fingerprint density at radius 1 is 1.40 bits per heavy atom. The van der Waals surface area contributed by atoms with Crippen molar-refractivity contribution in [3.8, 4) is 0 Å². The molecule has 0 aliphatic carbocycles. The summed E-state index contributed by atoms with van der Waals surface area (Å²) in [5.74, 6) is -0.497. The van der Waals surface area contributed by atoms with Gasteiger partial charge in [-0.05, 0) is 18.2 Å². The van der Waals surface area contributed by atoms with Gasteiger partial charge in [0.15, 0.2) is 0 Å². The van der Waals surface area contributed by atoms with Gasteiger partial charge in [-0.3, -0.25) is 5.21 Å². The van der Waals surface area contributed by atoms with Crippen LogP contribution in [0.25, 0.3) is 0 Å². The normalized spacial score (nSPS) is 9.20. The molecule has 0 saturated heterocycles. The molecule has 6 heteroatoms. The van der Waals surface area contributed by atoms with Crippen LogP contribution in [0.1, 0.15) is 10.4 Å². The number of urea groups is 1. The maximum absolute atomic E-state index is 11.1. The molecule has 0 aliphatic rings. The van der Waals surface area contributed by atoms with Gasteiger partial charge in [-0.25, -0.2) is 15.1 Å². The summed E-state index contributed by atoms with van der Waals surface area (Å²) in [6.45, 7) is 0. The third-order valence-electron chi connectivity index (χ3n) is 1.64. The molecule has 1 aromatic carbocycles. The number of nitrogens with one attached hydrogen (secondary N) is 2. The minimum atomic E-state index is -0.781. The van der Waals surface area contributed by atoms with Gasteiger partial charge in [-0.1, -0.05) is 6.07 Å². The van der Waals surface area contributed by atoms with Crippen molar-refractivity contribution >= 4 is 17.7 Å². The van der Waals surface area contributed by atoms with Crippen molar-refractivity contribution in [2.45, 2.75) is 0 Å². The van der Waals surface area contributed by atoms with Crippen LogP contribution in [-0.4, -0.2) is 24.3 Å². The highest BCUT2D eigenvalue weighted by Gasteiger charge is 2.06. The highest BCUT2D eigenvalue weighted by atomic mass is 16.5. The molecule has 0 saturated carbocycles. The summed E-state index contributed by atoms with van der Waals surface area (Å²) < 4.78 is 4.51. The van der Waals surface area contributed by atoms with E-state index in [0.29, 0.717) is 11.3 Å². The largest absolute Gasteiger partial charge is 0.465 e. The molecule has 6 nitrogen and oxygen atoms in total. The average molecular weight is 210 g/mol. The maximum atomic E-state index is 11.1. The number of methoxy groups -OCH3 is 1. The van der Waals surface area contributed by atoms with E-state index < -0.39 is 12.0 Å². The first-order valence-corrected chi connectivity index (χ1v) is 4.07. The van der Waals surface area contributed by atoms with Gasteiger partial charge in [0.25, 0.3) is 0 Å². The number of anilines is 1. The molecule has 3 N–H and O–H groups in total. The van der Waals surface area contributed by atoms with Crippen LogP contribution in [0.15, 0.2) is 24.3 Å². The van der Waals surface area contributed by atoms with Gasteiger partial charge >= 0.3 is 12.0 Å². The predicted molar refractivity (Wildman–Crippen MR) is 51.7 cm³/mol. The Balaban J connectivity index is 2.83. The smallest absolute Gasteiger partial charge is 0.342 e. The van der Waals surface area contributed by atoms with Gasteiger partial charge in [-0.2, -0.15) is 0 Å². The number of hydrogen-bond acceptors (Lipinski definition) is 4. The lowest BCUT2D eigenvalue weighted by molar-refractivity contribution is 0.0600. The lowest BCUT2D eigenvalue weighted by Crippen LogP contribution is -2.25. The van der Waals surface area contributed by atoms with Crippen molar-refractivity contribution in [1.29, 1.82) is 0 Å². The lowest BCUT2D eigenvalue weighted by Gasteiger charge is -2.04. The molecule has 0 fully saturated rings. The molecule has 0 atom stereocenters. The number of carbonyl (C=O) groups is 2. The van der Waals surface area contributed by atoms with Crippen molar-refractivity contribution in [2.75, 3.05) is 12.4 Å². The molecule has 0 radical (unpaired) electrons. The highest BCUT2D eigenvalue weighted by Crippen LogP contribution is 2.11. The number of benzene rings is 1. The summed E-state index contributed by atoms with van der Waals surface area (Å²) in [6, 6.07) is 5.35. The molecule has 0 spiro atoms. The third-order valence-corrected chi connectivity index (χ3v) is 1.64. The molecule has 0 aliphatic heterocycles. The Hall–Kier alpha value is -2.08. The third kappa shape index (κ3) is 2.96. The monoisotopic (exact) mass is 210 g/mol. The number of hydroxylamine groups is 1. The standard InChI is InChI=1S/C9H10N2O4/c1-15-8(12)6-3-2-4-7(5-6)10-9(13)11-14/h2-5,14H,1H3,(H2,10,11,13). The zero-order chi connectivity index (χ0) is 11.3. The fraction of sp³-hybridized carbons (Fsp3) is 0.111. The molecule has 1 aromatic rings. The molecular formula is C9H10N2O4. The maximum Gasteiger partial charge on any atom is 0.342 e. The molecule has 1 rings (SSSR count). The Morgan fingerprint density at radius 3 is 2.73 bits per heavy atom. The van der Waals surface area contributed by atoms with Crippen molar-refractivity contribution in [3.05, 3.63) is 29.8 Å². The SMILES string of the molecule is COC(=O)c1cccc(NC(=O)NO)c1. The summed E-state index contributed by atoms with van der Waals surface area (Å²) in [6.07, 6.45) is 0. The fourth-order valence-electron chi connectivity index (χ4n) is 1.00. The second-order valence-corrected chi connectivity index (χ2v) is 2.64. The van der Waals surface area contributed by atoms with Crippen LogP contribution in [0, 0.1) is 0 Å². The zero-order valence-corrected chi connectivity index (χ0v) is 7.98. The topological polar surface area (TPSA) is 87.7 Å². The summed E-state index contributed by atoms with van der Waals surface area (Å²) >= 11 is 0. The van der Waals surface area contributed by atoms with Gasteiger partial charge in [0.05, 0.1) is 12.7 Å². The first-order chi connectivity index (χ1) is 7.17. The van der Waals surface area contributed by atoms with Crippen LogP contribution in [0.4, 0.5) is 10.5 Å². The van der Waals surface area contributed by atoms with Gasteiger partial charge in [0, 0.05) is 5.69 Å². The summed E-state index contributed by atoms with van der Waals surface area (Å²) in [5, 5.41) is 10.6. The van der Waals surface area contributed by atoms with E-state index in [1.165, 1.54) is 18.7 Å². The molecule has 0 unspecified atom stereocenters.